The molecule has 0 spiro atoms. The van der Waals surface area contributed by atoms with Crippen molar-refractivity contribution in [3.05, 3.63) is 0 Å². The molecule has 1 atom stereocenters. The van der Waals surface area contributed by atoms with Gasteiger partial charge in [-0.2, -0.15) is 0 Å². The van der Waals surface area contributed by atoms with Gasteiger partial charge in [0.2, 0.25) is 0 Å². The van der Waals surface area contributed by atoms with Crippen molar-refractivity contribution in [3.63, 3.8) is 0 Å². The van der Waals surface area contributed by atoms with Crippen LogP contribution in [0.2, 0.25) is 0 Å². The summed E-state index contributed by atoms with van der Waals surface area (Å²) in [5.41, 5.74) is -1.54. The molecule has 18 heavy (non-hydrogen) atoms. The molecule has 0 heterocycles. The normalized spacial score (nSPS) is 15.4. The van der Waals surface area contributed by atoms with E-state index in [0.717, 1.165) is 0 Å². The van der Waals surface area contributed by atoms with Crippen LogP contribution in [0.1, 0.15) is 13.8 Å². The molecule has 0 bridgehead atoms. The highest BCUT2D eigenvalue weighted by Crippen LogP contribution is 2.50. The van der Waals surface area contributed by atoms with Crippen molar-refractivity contribution < 1.29 is 43.1 Å². The molecule has 0 saturated carbocycles. The molecule has 0 fully saturated rings. The molecule has 0 amide bonds. The van der Waals surface area contributed by atoms with Gasteiger partial charge in [-0.25, -0.2) is 4.57 Å². The van der Waals surface area contributed by atoms with Crippen LogP contribution in [0, 0.1) is 0 Å². The van der Waals surface area contributed by atoms with E-state index in [1.807, 2.05) is 0 Å². The van der Waals surface area contributed by atoms with Gasteiger partial charge in [-0.1, -0.05) is 0 Å². The second kappa shape index (κ2) is 5.77. The number of rotatable bonds is 7. The summed E-state index contributed by atoms with van der Waals surface area (Å²) in [6, 6.07) is 0. The molecule has 108 valence electrons. The maximum absolute atomic E-state index is 10.9. The van der Waals surface area contributed by atoms with E-state index in [4.69, 9.17) is 24.7 Å². The van der Waals surface area contributed by atoms with E-state index in [2.05, 4.69) is 9.84 Å². The third kappa shape index (κ3) is 6.58. The van der Waals surface area contributed by atoms with Gasteiger partial charge in [0, 0.05) is 6.54 Å². The molecule has 10 nitrogen and oxygen atoms in total. The Morgan fingerprint density at radius 3 is 2.00 bits per heavy atom. The van der Waals surface area contributed by atoms with Crippen molar-refractivity contribution in [3.8, 4) is 0 Å². The molecule has 0 radical (unpaired) electrons. The van der Waals surface area contributed by atoms with Crippen LogP contribution in [0.5, 0.6) is 0 Å². The minimum absolute atomic E-state index is 0.741. The van der Waals surface area contributed by atoms with E-state index in [-0.39, 0.29) is 0 Å². The summed E-state index contributed by atoms with van der Waals surface area (Å²) in [5.74, 6) is -3.44. The lowest BCUT2D eigenvalue weighted by molar-refractivity contribution is -0.143. The van der Waals surface area contributed by atoms with Crippen molar-refractivity contribution in [1.29, 1.82) is 0 Å². The summed E-state index contributed by atoms with van der Waals surface area (Å²) < 4.78 is 25.4. The molecule has 0 aliphatic rings. The highest BCUT2D eigenvalue weighted by Gasteiger charge is 2.38. The highest BCUT2D eigenvalue weighted by atomic mass is 31.2. The van der Waals surface area contributed by atoms with Gasteiger partial charge in [-0.3, -0.25) is 19.2 Å². The quantitative estimate of drug-likeness (QED) is 0.322. The van der Waals surface area contributed by atoms with Crippen LogP contribution in [-0.2, 0) is 18.4 Å². The molecule has 6 N–H and O–H groups in total. The van der Waals surface area contributed by atoms with Crippen LogP contribution < -0.4 is 5.32 Å². The predicted molar refractivity (Wildman–Crippen MR) is 58.7 cm³/mol. The van der Waals surface area contributed by atoms with Crippen molar-refractivity contribution in [1.82, 2.24) is 5.32 Å². The van der Waals surface area contributed by atoms with Crippen LogP contribution in [-0.4, -0.2) is 48.6 Å². The van der Waals surface area contributed by atoms with Gasteiger partial charge in [0.05, 0.1) is 0 Å². The summed E-state index contributed by atoms with van der Waals surface area (Å²) in [6.07, 6.45) is 0. The second-order valence-electron chi connectivity index (χ2n) is 3.95. The minimum Gasteiger partial charge on any atom is -0.480 e. The molecule has 0 aromatic rings. The molecule has 0 saturated heterocycles. The summed E-state index contributed by atoms with van der Waals surface area (Å²) in [5, 5.41) is 11.0. The average Bonchev–Trinajstić information content (AvgIpc) is 2.08. The van der Waals surface area contributed by atoms with Crippen molar-refractivity contribution in [2.45, 2.75) is 25.2 Å². The number of carboxylic acids is 1. The van der Waals surface area contributed by atoms with Crippen LogP contribution in [0.3, 0.4) is 0 Å². The van der Waals surface area contributed by atoms with E-state index in [0.29, 0.717) is 0 Å². The van der Waals surface area contributed by atoms with Crippen molar-refractivity contribution >= 4 is 21.4 Å². The first-order chi connectivity index (χ1) is 7.76. The summed E-state index contributed by atoms with van der Waals surface area (Å²) >= 11 is 0. The highest BCUT2D eigenvalue weighted by molar-refractivity contribution is 7.53. The zero-order valence-corrected chi connectivity index (χ0v) is 11.3. The zero-order valence-electron chi connectivity index (χ0n) is 9.55. The van der Waals surface area contributed by atoms with Gasteiger partial charge in [0.15, 0.2) is 5.85 Å². The molecular weight excluding hydrogens is 292 g/mol. The number of hydrogen-bond donors (Lipinski definition) is 6. The number of carbonyl (C=O) groups is 1. The number of phosphoric acid groups is 1. The summed E-state index contributed by atoms with van der Waals surface area (Å²) in [6.45, 7) is 1.68. The number of aliphatic carboxylic acids is 1. The fraction of sp³-hybridized carbons (Fsp3) is 0.833. The number of phosphoric ester groups is 1. The topological polar surface area (TPSA) is 174 Å². The van der Waals surface area contributed by atoms with E-state index in [9.17, 15) is 13.9 Å². The van der Waals surface area contributed by atoms with Gasteiger partial charge in [0.1, 0.15) is 5.54 Å². The lowest BCUT2D eigenvalue weighted by Crippen LogP contribution is -2.49. The predicted octanol–water partition coefficient (Wildman–Crippen LogP) is -0.948. The molecular formula is C6H15NO9P2. The summed E-state index contributed by atoms with van der Waals surface area (Å²) in [4.78, 5) is 45.4. The smallest absolute Gasteiger partial charge is 0.470 e. The molecule has 0 aromatic heterocycles. The standard InChI is InChI=1S/C6H15NO9P2/c1-6(2,5(8)9)7-3-4(17(10,11)12)16-18(13,14)15/h4,7H,3H2,1-2H3,(H,8,9)(H2,10,11,12)(H2,13,14,15). The third-order valence-corrected chi connectivity index (χ3v) is 3.62. The molecule has 0 aliphatic carbocycles. The SMILES string of the molecule is CC(C)(NCC(OP(=O)(O)O)P(=O)(O)O)C(=O)O. The van der Waals surface area contributed by atoms with Gasteiger partial charge in [-0.05, 0) is 13.8 Å². The molecule has 0 rings (SSSR count). The molecule has 0 aromatic carbocycles. The van der Waals surface area contributed by atoms with Crippen LogP contribution in [0.25, 0.3) is 0 Å². The Labute approximate surface area is 102 Å². The number of hydrogen-bond acceptors (Lipinski definition) is 5. The van der Waals surface area contributed by atoms with Gasteiger partial charge in [-0.15, -0.1) is 0 Å². The Morgan fingerprint density at radius 2 is 1.72 bits per heavy atom. The molecule has 1 unspecified atom stereocenters. The van der Waals surface area contributed by atoms with Crippen LogP contribution in [0.4, 0.5) is 0 Å². The largest absolute Gasteiger partial charge is 0.480 e. The van der Waals surface area contributed by atoms with Crippen molar-refractivity contribution in [2.75, 3.05) is 6.54 Å². The number of nitrogens with one attached hydrogen (secondary N) is 1. The Kier molecular flexibility index (Phi) is 5.67. The molecule has 0 aliphatic heterocycles. The van der Waals surface area contributed by atoms with E-state index in [1.165, 1.54) is 13.8 Å². The van der Waals surface area contributed by atoms with E-state index < -0.39 is 39.3 Å². The monoisotopic (exact) mass is 307 g/mol. The fourth-order valence-electron chi connectivity index (χ4n) is 0.794. The molecule has 12 heteroatoms. The van der Waals surface area contributed by atoms with Gasteiger partial charge >= 0.3 is 21.4 Å². The zero-order chi connectivity index (χ0) is 14.8. The Morgan fingerprint density at radius 1 is 1.28 bits per heavy atom. The first-order valence-corrected chi connectivity index (χ1v) is 7.74. The minimum atomic E-state index is -5.10. The Balaban J connectivity index is 4.80. The fourth-order valence-corrected chi connectivity index (χ4v) is 2.37. The maximum Gasteiger partial charge on any atom is 0.470 e. The van der Waals surface area contributed by atoms with Crippen molar-refractivity contribution in [2.24, 2.45) is 0 Å². The van der Waals surface area contributed by atoms with Gasteiger partial charge < -0.3 is 24.7 Å². The van der Waals surface area contributed by atoms with Gasteiger partial charge in [0.25, 0.3) is 0 Å². The number of carboxylic acid groups (broad SMARTS) is 1. The van der Waals surface area contributed by atoms with E-state index in [1.54, 1.807) is 0 Å². The van der Waals surface area contributed by atoms with Crippen LogP contribution >= 0.6 is 15.4 Å². The van der Waals surface area contributed by atoms with Crippen LogP contribution in [0.15, 0.2) is 0 Å². The first kappa shape index (κ1) is 17.7. The Hall–Kier alpha value is -0.310. The van der Waals surface area contributed by atoms with E-state index >= 15 is 0 Å². The first-order valence-electron chi connectivity index (χ1n) is 4.53. The lowest BCUT2D eigenvalue weighted by Gasteiger charge is -2.25. The summed E-state index contributed by atoms with van der Waals surface area (Å²) in [7, 11) is -10.1. The Bertz CT molecular complexity index is 396. The third-order valence-electron chi connectivity index (χ3n) is 1.89. The lowest BCUT2D eigenvalue weighted by atomic mass is 10.1. The average molecular weight is 307 g/mol. The maximum atomic E-state index is 10.9. The second-order valence-corrected chi connectivity index (χ2v) is 6.90.